The predicted molar refractivity (Wildman–Crippen MR) is 116 cm³/mol. The first-order chi connectivity index (χ1) is 14.6. The van der Waals surface area contributed by atoms with Crippen LogP contribution in [0, 0.1) is 10.1 Å². The third kappa shape index (κ3) is 5.45. The molecule has 1 N–H and O–H groups in total. The molecule has 1 amide bonds. The van der Waals surface area contributed by atoms with Crippen molar-refractivity contribution in [3.05, 3.63) is 56.6 Å². The van der Waals surface area contributed by atoms with Gasteiger partial charge in [-0.25, -0.2) is 8.42 Å². The lowest BCUT2D eigenvalue weighted by Gasteiger charge is -2.17. The molecule has 0 saturated carbocycles. The van der Waals surface area contributed by atoms with Crippen molar-refractivity contribution in [1.29, 1.82) is 0 Å². The molecular formula is C19H19Cl2N3O6S. The summed E-state index contributed by atoms with van der Waals surface area (Å²) in [5.41, 5.74) is -0.217. The highest BCUT2D eigenvalue weighted by molar-refractivity contribution is 7.89. The highest BCUT2D eigenvalue weighted by Gasteiger charge is 2.30. The van der Waals surface area contributed by atoms with Crippen LogP contribution in [0.1, 0.15) is 19.8 Å². The summed E-state index contributed by atoms with van der Waals surface area (Å²) in [5, 5.41) is 14.7. The summed E-state index contributed by atoms with van der Waals surface area (Å²) in [6.45, 7) is 2.15. The minimum atomic E-state index is -3.84. The number of benzene rings is 2. The number of rotatable bonds is 7. The lowest BCUT2D eigenvalue weighted by molar-refractivity contribution is -0.386. The van der Waals surface area contributed by atoms with E-state index in [0.717, 1.165) is 18.9 Å². The zero-order valence-corrected chi connectivity index (χ0v) is 18.7. The molecule has 2 aromatic rings. The Morgan fingerprint density at radius 1 is 1.16 bits per heavy atom. The molecule has 2 aromatic carbocycles. The van der Waals surface area contributed by atoms with Crippen molar-refractivity contribution in [2.45, 2.75) is 30.8 Å². The number of halogens is 2. The van der Waals surface area contributed by atoms with Gasteiger partial charge in [-0.05, 0) is 50.1 Å². The normalized spacial score (nSPS) is 15.5. The van der Waals surface area contributed by atoms with Crippen LogP contribution in [-0.2, 0) is 14.8 Å². The molecule has 1 saturated heterocycles. The average molecular weight is 488 g/mol. The van der Waals surface area contributed by atoms with E-state index >= 15 is 0 Å². The number of hydrogen-bond donors (Lipinski definition) is 1. The lowest BCUT2D eigenvalue weighted by atomic mass is 10.2. The minimum absolute atomic E-state index is 0.195. The molecular weight excluding hydrogens is 469 g/mol. The van der Waals surface area contributed by atoms with Crippen molar-refractivity contribution in [3.8, 4) is 5.75 Å². The van der Waals surface area contributed by atoms with Gasteiger partial charge in [0, 0.05) is 34.9 Å². The van der Waals surface area contributed by atoms with Crippen molar-refractivity contribution in [3.63, 3.8) is 0 Å². The standard InChI is InChI=1S/C19H19Cl2N3O6S/c1-12(19(25)22-15-9-13(20)8-14(21)10-15)30-18-5-4-16(11-17(18)24(26)27)31(28,29)23-6-2-3-7-23/h4-5,8-12H,2-3,6-7H2,1H3,(H,22,25). The number of nitrogens with zero attached hydrogens (tertiary/aromatic N) is 2. The SMILES string of the molecule is CC(Oc1ccc(S(=O)(=O)N2CCCC2)cc1[N+](=O)[O-])C(=O)Nc1cc(Cl)cc(Cl)c1. The molecule has 0 bridgehead atoms. The van der Waals surface area contributed by atoms with Crippen LogP contribution in [0.5, 0.6) is 5.75 Å². The second kappa shape index (κ2) is 9.39. The monoisotopic (exact) mass is 487 g/mol. The van der Waals surface area contributed by atoms with E-state index in [9.17, 15) is 23.3 Å². The van der Waals surface area contributed by atoms with Gasteiger partial charge in [0.2, 0.25) is 10.0 Å². The van der Waals surface area contributed by atoms with Gasteiger partial charge in [0.15, 0.2) is 11.9 Å². The summed E-state index contributed by atoms with van der Waals surface area (Å²) >= 11 is 11.8. The van der Waals surface area contributed by atoms with Crippen LogP contribution in [0.4, 0.5) is 11.4 Å². The van der Waals surface area contributed by atoms with E-state index in [1.165, 1.54) is 41.6 Å². The molecule has 0 spiro atoms. The predicted octanol–water partition coefficient (Wildman–Crippen LogP) is 4.09. The maximum Gasteiger partial charge on any atom is 0.312 e. The molecule has 1 fully saturated rings. The van der Waals surface area contributed by atoms with Crippen LogP contribution in [0.2, 0.25) is 10.0 Å². The summed E-state index contributed by atoms with van der Waals surface area (Å²) in [4.78, 5) is 23.0. The maximum absolute atomic E-state index is 12.7. The second-order valence-corrected chi connectivity index (χ2v) is 9.72. The number of nitro groups is 1. The van der Waals surface area contributed by atoms with Gasteiger partial charge in [0.25, 0.3) is 5.91 Å². The van der Waals surface area contributed by atoms with E-state index in [4.69, 9.17) is 27.9 Å². The molecule has 0 radical (unpaired) electrons. The lowest BCUT2D eigenvalue weighted by Crippen LogP contribution is -2.30. The van der Waals surface area contributed by atoms with Gasteiger partial charge in [-0.1, -0.05) is 23.2 Å². The van der Waals surface area contributed by atoms with Gasteiger partial charge in [-0.15, -0.1) is 0 Å². The molecule has 1 atom stereocenters. The zero-order valence-electron chi connectivity index (χ0n) is 16.4. The van der Waals surface area contributed by atoms with E-state index in [1.807, 2.05) is 0 Å². The van der Waals surface area contributed by atoms with E-state index in [0.29, 0.717) is 28.8 Å². The van der Waals surface area contributed by atoms with Crippen molar-refractivity contribution in [1.82, 2.24) is 4.31 Å². The molecule has 1 aliphatic rings. The minimum Gasteiger partial charge on any atom is -0.474 e. The summed E-state index contributed by atoms with van der Waals surface area (Å²) < 4.78 is 32.1. The number of ether oxygens (including phenoxy) is 1. The fraction of sp³-hybridized carbons (Fsp3) is 0.316. The Hall–Kier alpha value is -2.40. The first kappa shape index (κ1) is 23.3. The van der Waals surface area contributed by atoms with Crippen molar-refractivity contribution in [2.75, 3.05) is 18.4 Å². The second-order valence-electron chi connectivity index (χ2n) is 6.91. The molecule has 9 nitrogen and oxygen atoms in total. The van der Waals surface area contributed by atoms with E-state index in [-0.39, 0.29) is 10.6 Å². The van der Waals surface area contributed by atoms with Crippen LogP contribution < -0.4 is 10.1 Å². The number of sulfonamides is 1. The topological polar surface area (TPSA) is 119 Å². The van der Waals surface area contributed by atoms with Gasteiger partial charge < -0.3 is 10.1 Å². The Bertz CT molecular complexity index is 1100. The van der Waals surface area contributed by atoms with Gasteiger partial charge in [-0.2, -0.15) is 4.31 Å². The number of nitro benzene ring substituents is 1. The molecule has 1 unspecified atom stereocenters. The molecule has 0 aliphatic carbocycles. The Morgan fingerprint density at radius 2 is 1.77 bits per heavy atom. The van der Waals surface area contributed by atoms with E-state index in [1.54, 1.807) is 0 Å². The summed E-state index contributed by atoms with van der Waals surface area (Å²) in [5.74, 6) is -0.821. The van der Waals surface area contributed by atoms with Crippen molar-refractivity contribution >= 4 is 50.5 Å². The highest BCUT2D eigenvalue weighted by Crippen LogP contribution is 2.32. The smallest absolute Gasteiger partial charge is 0.312 e. The van der Waals surface area contributed by atoms with Gasteiger partial charge >= 0.3 is 5.69 Å². The summed E-state index contributed by atoms with van der Waals surface area (Å²) in [7, 11) is -3.84. The van der Waals surface area contributed by atoms with Gasteiger partial charge in [-0.3, -0.25) is 14.9 Å². The average Bonchev–Trinajstić information content (AvgIpc) is 3.22. The number of amides is 1. The fourth-order valence-electron chi connectivity index (χ4n) is 3.09. The number of carbonyl (C=O) groups excluding carboxylic acids is 1. The maximum atomic E-state index is 12.7. The Balaban J connectivity index is 1.80. The number of carbonyl (C=O) groups is 1. The van der Waals surface area contributed by atoms with Crippen LogP contribution in [0.25, 0.3) is 0 Å². The van der Waals surface area contributed by atoms with E-state index < -0.39 is 32.6 Å². The molecule has 166 valence electrons. The molecule has 31 heavy (non-hydrogen) atoms. The van der Waals surface area contributed by atoms with Crippen molar-refractivity contribution < 1.29 is 22.9 Å². The van der Waals surface area contributed by atoms with Crippen LogP contribution in [0.3, 0.4) is 0 Å². The fourth-order valence-corrected chi connectivity index (χ4v) is 5.16. The first-order valence-corrected chi connectivity index (χ1v) is 11.5. The first-order valence-electron chi connectivity index (χ1n) is 9.30. The third-order valence-electron chi connectivity index (χ3n) is 4.63. The highest BCUT2D eigenvalue weighted by atomic mass is 35.5. The van der Waals surface area contributed by atoms with Crippen LogP contribution in [-0.4, -0.2) is 42.7 Å². The number of nitrogens with one attached hydrogen (secondary N) is 1. The molecule has 12 heteroatoms. The summed E-state index contributed by atoms with van der Waals surface area (Å²) in [6.07, 6.45) is 0.359. The van der Waals surface area contributed by atoms with Crippen LogP contribution >= 0.6 is 23.2 Å². The number of anilines is 1. The van der Waals surface area contributed by atoms with Gasteiger partial charge in [0.1, 0.15) is 0 Å². The van der Waals surface area contributed by atoms with E-state index in [2.05, 4.69) is 5.32 Å². The third-order valence-corrected chi connectivity index (χ3v) is 6.96. The zero-order chi connectivity index (χ0) is 22.8. The Morgan fingerprint density at radius 3 is 2.35 bits per heavy atom. The quantitative estimate of drug-likeness (QED) is 0.463. The van der Waals surface area contributed by atoms with Gasteiger partial charge in [0.05, 0.1) is 9.82 Å². The Labute approximate surface area is 189 Å². The largest absolute Gasteiger partial charge is 0.474 e. The molecule has 1 heterocycles. The molecule has 1 aliphatic heterocycles. The van der Waals surface area contributed by atoms with Crippen molar-refractivity contribution in [2.24, 2.45) is 0 Å². The van der Waals surface area contributed by atoms with Crippen LogP contribution in [0.15, 0.2) is 41.3 Å². The Kier molecular flexibility index (Phi) is 7.05. The summed E-state index contributed by atoms with van der Waals surface area (Å²) in [6, 6.07) is 7.83. The molecule has 3 rings (SSSR count). The number of hydrogen-bond acceptors (Lipinski definition) is 6. The molecule has 0 aromatic heterocycles.